The summed E-state index contributed by atoms with van der Waals surface area (Å²) in [6.45, 7) is 2.06. The first-order valence-corrected chi connectivity index (χ1v) is 9.72. The third-order valence-electron chi connectivity index (χ3n) is 4.11. The molecular formula is C20H19NO4S2. The maximum Gasteiger partial charge on any atom is 0.323 e. The highest BCUT2D eigenvalue weighted by Gasteiger charge is 2.33. The number of carboxylic acid groups (broad SMARTS) is 1. The van der Waals surface area contributed by atoms with E-state index in [2.05, 4.69) is 0 Å². The molecule has 27 heavy (non-hydrogen) atoms. The third kappa shape index (κ3) is 4.87. The van der Waals surface area contributed by atoms with Crippen molar-refractivity contribution in [3.8, 4) is 0 Å². The molecule has 1 heterocycles. The number of aliphatic carboxylic acids is 1. The van der Waals surface area contributed by atoms with Crippen molar-refractivity contribution in [1.29, 1.82) is 0 Å². The monoisotopic (exact) mass is 401 g/mol. The Hall–Kier alpha value is -2.38. The minimum Gasteiger partial charge on any atom is -0.489 e. The molecule has 1 fully saturated rings. The van der Waals surface area contributed by atoms with E-state index in [1.807, 2.05) is 43.3 Å². The molecule has 2 aliphatic rings. The van der Waals surface area contributed by atoms with Crippen molar-refractivity contribution in [2.45, 2.75) is 26.4 Å². The van der Waals surface area contributed by atoms with Gasteiger partial charge in [-0.05, 0) is 37.5 Å². The zero-order chi connectivity index (χ0) is 19.4. The van der Waals surface area contributed by atoms with Crippen LogP contribution in [0.4, 0.5) is 0 Å². The lowest BCUT2D eigenvalue weighted by molar-refractivity contribution is -0.140. The Bertz CT molecular complexity index is 868. The number of ether oxygens (including phenoxy) is 1. The normalized spacial score (nSPS) is 18.6. The quantitative estimate of drug-likeness (QED) is 0.575. The van der Waals surface area contributed by atoms with Gasteiger partial charge < -0.3 is 9.84 Å². The van der Waals surface area contributed by atoms with Crippen LogP contribution in [0.2, 0.25) is 0 Å². The summed E-state index contributed by atoms with van der Waals surface area (Å²) in [6, 6.07) is 8.13. The maximum absolute atomic E-state index is 12.4. The molecule has 1 amide bonds. The SMILES string of the molecule is Cc1ccc(COC2=CCCC=C2/C=C2\SC(=S)N(CC(=O)O)C2=O)cc1. The van der Waals surface area contributed by atoms with E-state index in [0.29, 0.717) is 11.5 Å². The number of thiocarbonyl (C=S) groups is 1. The van der Waals surface area contributed by atoms with Gasteiger partial charge in [-0.3, -0.25) is 14.5 Å². The van der Waals surface area contributed by atoms with Gasteiger partial charge >= 0.3 is 5.97 Å². The number of carbonyl (C=O) groups excluding carboxylic acids is 1. The van der Waals surface area contributed by atoms with Crippen molar-refractivity contribution in [3.05, 3.63) is 69.9 Å². The molecule has 0 radical (unpaired) electrons. The van der Waals surface area contributed by atoms with Gasteiger partial charge in [0.05, 0.1) is 4.91 Å². The highest BCUT2D eigenvalue weighted by atomic mass is 32.2. The van der Waals surface area contributed by atoms with Gasteiger partial charge in [0.2, 0.25) is 0 Å². The predicted octanol–water partition coefficient (Wildman–Crippen LogP) is 3.94. The number of hydrogen-bond acceptors (Lipinski definition) is 5. The summed E-state index contributed by atoms with van der Waals surface area (Å²) in [5, 5.41) is 8.93. The summed E-state index contributed by atoms with van der Waals surface area (Å²) in [7, 11) is 0. The van der Waals surface area contributed by atoms with Crippen LogP contribution in [0.15, 0.2) is 58.7 Å². The lowest BCUT2D eigenvalue weighted by Gasteiger charge is -2.16. The molecule has 0 aromatic heterocycles. The Morgan fingerprint density at radius 3 is 2.70 bits per heavy atom. The standard InChI is InChI=1S/C20H19NO4S2/c1-13-6-8-14(9-7-13)12-25-16-5-3-2-4-15(16)10-17-19(24)21(11-18(22)23)20(26)27-17/h4-10H,2-3,11-12H2,1H3,(H,22,23)/b17-10-. The van der Waals surface area contributed by atoms with Gasteiger partial charge in [0.25, 0.3) is 5.91 Å². The maximum atomic E-state index is 12.4. The first-order chi connectivity index (χ1) is 12.9. The summed E-state index contributed by atoms with van der Waals surface area (Å²) in [5.74, 6) is -0.742. The number of allylic oxidation sites excluding steroid dienone is 3. The van der Waals surface area contributed by atoms with Gasteiger partial charge in [-0.15, -0.1) is 0 Å². The molecule has 1 aromatic carbocycles. The van der Waals surface area contributed by atoms with E-state index in [1.165, 1.54) is 5.56 Å². The van der Waals surface area contributed by atoms with Crippen molar-refractivity contribution < 1.29 is 19.4 Å². The molecule has 0 unspecified atom stereocenters. The number of benzene rings is 1. The molecule has 1 aliphatic heterocycles. The van der Waals surface area contributed by atoms with E-state index in [-0.39, 0.29) is 10.2 Å². The second-order valence-electron chi connectivity index (χ2n) is 6.24. The van der Waals surface area contributed by atoms with Crippen LogP contribution in [-0.2, 0) is 20.9 Å². The van der Waals surface area contributed by atoms with E-state index in [1.54, 1.807) is 6.08 Å². The van der Waals surface area contributed by atoms with Crippen LogP contribution in [0, 0.1) is 6.92 Å². The first-order valence-electron chi connectivity index (χ1n) is 8.50. The summed E-state index contributed by atoms with van der Waals surface area (Å²) in [5.41, 5.74) is 3.09. The van der Waals surface area contributed by atoms with Crippen molar-refractivity contribution in [3.63, 3.8) is 0 Å². The number of aryl methyl sites for hydroxylation is 1. The lowest BCUT2D eigenvalue weighted by atomic mass is 10.0. The topological polar surface area (TPSA) is 66.8 Å². The molecule has 140 valence electrons. The average molecular weight is 402 g/mol. The van der Waals surface area contributed by atoms with Crippen LogP contribution in [0.3, 0.4) is 0 Å². The lowest BCUT2D eigenvalue weighted by Crippen LogP contribution is -2.33. The Labute approximate surface area is 167 Å². The number of thioether (sulfide) groups is 1. The average Bonchev–Trinajstić information content (AvgIpc) is 2.89. The first kappa shape index (κ1) is 19.4. The molecule has 1 aromatic rings. The van der Waals surface area contributed by atoms with Gasteiger partial charge in [-0.2, -0.15) is 0 Å². The van der Waals surface area contributed by atoms with Crippen molar-refractivity contribution in [1.82, 2.24) is 4.90 Å². The van der Waals surface area contributed by atoms with Crippen molar-refractivity contribution in [2.75, 3.05) is 6.54 Å². The Kier molecular flexibility index (Phi) is 6.13. The highest BCUT2D eigenvalue weighted by molar-refractivity contribution is 8.26. The predicted molar refractivity (Wildman–Crippen MR) is 109 cm³/mol. The van der Waals surface area contributed by atoms with Crippen LogP contribution < -0.4 is 0 Å². The van der Waals surface area contributed by atoms with Crippen LogP contribution in [0.25, 0.3) is 0 Å². The molecule has 0 spiro atoms. The van der Waals surface area contributed by atoms with Crippen molar-refractivity contribution in [2.24, 2.45) is 0 Å². The van der Waals surface area contributed by atoms with Gasteiger partial charge in [-0.25, -0.2) is 0 Å². The fourth-order valence-electron chi connectivity index (χ4n) is 2.70. The highest BCUT2D eigenvalue weighted by Crippen LogP contribution is 2.34. The van der Waals surface area contributed by atoms with Gasteiger partial charge in [0.15, 0.2) is 0 Å². The Morgan fingerprint density at radius 2 is 2.00 bits per heavy atom. The van der Waals surface area contributed by atoms with Gasteiger partial charge in [-0.1, -0.05) is 59.9 Å². The van der Waals surface area contributed by atoms with Gasteiger partial charge in [0.1, 0.15) is 23.2 Å². The number of rotatable bonds is 6. The molecular weight excluding hydrogens is 382 g/mol. The van der Waals surface area contributed by atoms with E-state index in [0.717, 1.165) is 46.4 Å². The minimum atomic E-state index is -1.09. The molecule has 5 nitrogen and oxygen atoms in total. The molecule has 3 rings (SSSR count). The minimum absolute atomic E-state index is 0.260. The number of amides is 1. The van der Waals surface area contributed by atoms with E-state index >= 15 is 0 Å². The number of hydrogen-bond donors (Lipinski definition) is 1. The summed E-state index contributed by atoms with van der Waals surface area (Å²) in [4.78, 5) is 24.9. The third-order valence-corrected chi connectivity index (χ3v) is 5.49. The van der Waals surface area contributed by atoms with Crippen molar-refractivity contribution >= 4 is 40.2 Å². The molecule has 1 N–H and O–H groups in total. The summed E-state index contributed by atoms with van der Waals surface area (Å²) >= 11 is 6.25. The van der Waals surface area contributed by atoms with Crippen LogP contribution in [-0.4, -0.2) is 32.7 Å². The summed E-state index contributed by atoms with van der Waals surface area (Å²) in [6.07, 6.45) is 7.51. The zero-order valence-electron chi connectivity index (χ0n) is 14.8. The fourth-order valence-corrected chi connectivity index (χ4v) is 3.95. The smallest absolute Gasteiger partial charge is 0.323 e. The number of carbonyl (C=O) groups is 2. The van der Waals surface area contributed by atoms with E-state index in [9.17, 15) is 9.59 Å². The second kappa shape index (κ2) is 8.54. The summed E-state index contributed by atoms with van der Waals surface area (Å²) < 4.78 is 6.23. The molecule has 1 saturated heterocycles. The van der Waals surface area contributed by atoms with Gasteiger partial charge in [0, 0.05) is 5.57 Å². The molecule has 0 atom stereocenters. The van der Waals surface area contributed by atoms with E-state index in [4.69, 9.17) is 22.1 Å². The molecule has 7 heteroatoms. The van der Waals surface area contributed by atoms with Crippen LogP contribution in [0.1, 0.15) is 24.0 Å². The zero-order valence-corrected chi connectivity index (χ0v) is 16.4. The van der Waals surface area contributed by atoms with Crippen LogP contribution >= 0.6 is 24.0 Å². The fraction of sp³-hybridized carbons (Fsp3) is 0.250. The van der Waals surface area contributed by atoms with Crippen LogP contribution in [0.5, 0.6) is 0 Å². The number of carboxylic acids is 1. The molecule has 1 aliphatic carbocycles. The second-order valence-corrected chi connectivity index (χ2v) is 7.92. The molecule has 0 saturated carbocycles. The Balaban J connectivity index is 1.72. The number of nitrogens with zero attached hydrogens (tertiary/aromatic N) is 1. The largest absolute Gasteiger partial charge is 0.489 e. The van der Waals surface area contributed by atoms with E-state index < -0.39 is 12.5 Å². The molecule has 0 bridgehead atoms. The Morgan fingerprint density at radius 1 is 1.30 bits per heavy atom.